The van der Waals surface area contributed by atoms with Gasteiger partial charge in [0.15, 0.2) is 0 Å². The quantitative estimate of drug-likeness (QED) is 0.773. The van der Waals surface area contributed by atoms with E-state index in [9.17, 15) is 4.39 Å². The van der Waals surface area contributed by atoms with Gasteiger partial charge in [0.05, 0.1) is 0 Å². The van der Waals surface area contributed by atoms with Crippen LogP contribution in [-0.2, 0) is 5.67 Å². The monoisotopic (exact) mass is 187 g/mol. The van der Waals surface area contributed by atoms with Gasteiger partial charge in [-0.2, -0.15) is 0 Å². The molecule has 0 aliphatic heterocycles. The summed E-state index contributed by atoms with van der Waals surface area (Å²) in [5, 5.41) is 1.85. The summed E-state index contributed by atoms with van der Waals surface area (Å²) in [6.45, 7) is 3.86. The summed E-state index contributed by atoms with van der Waals surface area (Å²) in [5.41, 5.74) is 4.81. The highest BCUT2D eigenvalue weighted by atomic mass is 32.1. The summed E-state index contributed by atoms with van der Waals surface area (Å²) in [7, 11) is 0. The van der Waals surface area contributed by atoms with Crippen molar-refractivity contribution in [3.8, 4) is 0 Å². The third-order valence-electron chi connectivity index (χ3n) is 2.13. The number of halogens is 1. The van der Waals surface area contributed by atoms with E-state index in [4.69, 9.17) is 5.73 Å². The number of aryl methyl sites for hydroxylation is 1. The molecule has 1 atom stereocenters. The first kappa shape index (κ1) is 9.68. The van der Waals surface area contributed by atoms with Crippen LogP contribution in [-0.4, -0.2) is 6.54 Å². The van der Waals surface area contributed by atoms with Gasteiger partial charge in [0.25, 0.3) is 0 Å². The SMILES string of the molecule is CCC(F)(CN)c1csc(C)c1. The first-order valence-electron chi connectivity index (χ1n) is 4.07. The summed E-state index contributed by atoms with van der Waals surface area (Å²) in [5.74, 6) is 0. The molecule has 1 aromatic heterocycles. The van der Waals surface area contributed by atoms with Crippen molar-refractivity contribution in [1.82, 2.24) is 0 Å². The topological polar surface area (TPSA) is 26.0 Å². The lowest BCUT2D eigenvalue weighted by Crippen LogP contribution is -2.28. The average molecular weight is 187 g/mol. The number of alkyl halides is 1. The molecule has 3 heteroatoms. The highest BCUT2D eigenvalue weighted by Crippen LogP contribution is 2.31. The Labute approximate surface area is 76.4 Å². The minimum absolute atomic E-state index is 0.0691. The largest absolute Gasteiger partial charge is 0.327 e. The van der Waals surface area contributed by atoms with E-state index in [0.29, 0.717) is 6.42 Å². The van der Waals surface area contributed by atoms with Crippen molar-refractivity contribution in [1.29, 1.82) is 0 Å². The minimum atomic E-state index is -1.31. The van der Waals surface area contributed by atoms with Gasteiger partial charge >= 0.3 is 0 Å². The van der Waals surface area contributed by atoms with Crippen molar-refractivity contribution in [2.24, 2.45) is 5.73 Å². The van der Waals surface area contributed by atoms with Crippen LogP contribution in [0.3, 0.4) is 0 Å². The van der Waals surface area contributed by atoms with E-state index in [-0.39, 0.29) is 6.54 Å². The zero-order valence-electron chi connectivity index (χ0n) is 7.43. The Bertz CT molecular complexity index is 253. The Morgan fingerprint density at radius 2 is 2.33 bits per heavy atom. The van der Waals surface area contributed by atoms with Crippen LogP contribution in [0.25, 0.3) is 0 Å². The summed E-state index contributed by atoms with van der Waals surface area (Å²) in [6, 6.07) is 1.88. The Morgan fingerprint density at radius 3 is 2.67 bits per heavy atom. The van der Waals surface area contributed by atoms with E-state index in [1.54, 1.807) is 11.3 Å². The number of hydrogen-bond acceptors (Lipinski definition) is 2. The molecule has 0 bridgehead atoms. The zero-order chi connectivity index (χ0) is 9.19. The first-order valence-corrected chi connectivity index (χ1v) is 4.95. The van der Waals surface area contributed by atoms with Crippen LogP contribution in [0.1, 0.15) is 23.8 Å². The molecule has 0 amide bonds. The van der Waals surface area contributed by atoms with Crippen LogP contribution in [0.2, 0.25) is 0 Å². The van der Waals surface area contributed by atoms with Crippen LogP contribution < -0.4 is 5.73 Å². The van der Waals surface area contributed by atoms with Gasteiger partial charge in [-0.05, 0) is 24.8 Å². The molecule has 0 radical (unpaired) electrons. The third kappa shape index (κ3) is 1.67. The van der Waals surface area contributed by atoms with Crippen LogP contribution in [0.15, 0.2) is 11.4 Å². The van der Waals surface area contributed by atoms with E-state index < -0.39 is 5.67 Å². The zero-order valence-corrected chi connectivity index (χ0v) is 8.25. The standard InChI is InChI=1S/C9H14FNS/c1-3-9(10,6-11)8-4-7(2)12-5-8/h4-5H,3,6,11H2,1-2H3. The predicted octanol–water partition coefficient (Wildman–Crippen LogP) is 2.59. The molecular weight excluding hydrogens is 173 g/mol. The van der Waals surface area contributed by atoms with E-state index in [2.05, 4.69) is 0 Å². The molecule has 2 N–H and O–H groups in total. The summed E-state index contributed by atoms with van der Waals surface area (Å²) >= 11 is 1.57. The maximum atomic E-state index is 13.9. The van der Waals surface area contributed by atoms with Crippen molar-refractivity contribution in [2.75, 3.05) is 6.54 Å². The van der Waals surface area contributed by atoms with E-state index >= 15 is 0 Å². The van der Waals surface area contributed by atoms with Crippen molar-refractivity contribution in [2.45, 2.75) is 25.9 Å². The molecule has 0 fully saturated rings. The molecule has 1 unspecified atom stereocenters. The van der Waals surface area contributed by atoms with Crippen molar-refractivity contribution in [3.63, 3.8) is 0 Å². The highest BCUT2D eigenvalue weighted by Gasteiger charge is 2.28. The maximum absolute atomic E-state index is 13.9. The van der Waals surface area contributed by atoms with Crippen LogP contribution in [0.5, 0.6) is 0 Å². The fraction of sp³-hybridized carbons (Fsp3) is 0.556. The van der Waals surface area contributed by atoms with E-state index in [1.807, 2.05) is 25.3 Å². The van der Waals surface area contributed by atoms with Crippen LogP contribution in [0.4, 0.5) is 4.39 Å². The molecule has 1 nitrogen and oxygen atoms in total. The average Bonchev–Trinajstić information content (AvgIpc) is 2.51. The molecule has 68 valence electrons. The third-order valence-corrected chi connectivity index (χ3v) is 2.99. The molecule has 1 rings (SSSR count). The van der Waals surface area contributed by atoms with E-state index in [0.717, 1.165) is 10.4 Å². The molecule has 0 aliphatic rings. The number of nitrogens with two attached hydrogens (primary N) is 1. The molecular formula is C9H14FNS. The molecule has 0 aromatic carbocycles. The van der Waals surface area contributed by atoms with Gasteiger partial charge in [0.2, 0.25) is 0 Å². The van der Waals surface area contributed by atoms with Gasteiger partial charge < -0.3 is 5.73 Å². The second-order valence-electron chi connectivity index (χ2n) is 2.97. The second kappa shape index (κ2) is 3.54. The normalized spacial score (nSPS) is 16.0. The predicted molar refractivity (Wildman–Crippen MR) is 51.2 cm³/mol. The Kier molecular flexibility index (Phi) is 2.85. The van der Waals surface area contributed by atoms with Crippen molar-refractivity contribution in [3.05, 3.63) is 21.9 Å². The molecule has 12 heavy (non-hydrogen) atoms. The lowest BCUT2D eigenvalue weighted by Gasteiger charge is -2.20. The van der Waals surface area contributed by atoms with Crippen molar-refractivity contribution >= 4 is 11.3 Å². The first-order chi connectivity index (χ1) is 5.62. The van der Waals surface area contributed by atoms with Crippen LogP contribution in [0, 0.1) is 6.92 Å². The summed E-state index contributed by atoms with van der Waals surface area (Å²) in [4.78, 5) is 1.13. The fourth-order valence-electron chi connectivity index (χ4n) is 1.14. The molecule has 0 saturated heterocycles. The number of rotatable bonds is 3. The summed E-state index contributed by atoms with van der Waals surface area (Å²) < 4.78 is 13.9. The van der Waals surface area contributed by atoms with Gasteiger partial charge in [0, 0.05) is 17.0 Å². The van der Waals surface area contributed by atoms with Crippen LogP contribution >= 0.6 is 11.3 Å². The Hall–Kier alpha value is -0.410. The molecule has 1 heterocycles. The highest BCUT2D eigenvalue weighted by molar-refractivity contribution is 7.10. The smallest absolute Gasteiger partial charge is 0.148 e. The number of thiophene rings is 1. The Balaban J connectivity index is 2.94. The van der Waals surface area contributed by atoms with Gasteiger partial charge in [-0.1, -0.05) is 6.92 Å². The van der Waals surface area contributed by atoms with Gasteiger partial charge in [-0.15, -0.1) is 11.3 Å². The summed E-state index contributed by atoms with van der Waals surface area (Å²) in [6.07, 6.45) is 0.444. The molecule has 1 aromatic rings. The minimum Gasteiger partial charge on any atom is -0.327 e. The Morgan fingerprint density at radius 1 is 1.67 bits per heavy atom. The molecule has 0 spiro atoms. The lowest BCUT2D eigenvalue weighted by molar-refractivity contribution is 0.169. The van der Waals surface area contributed by atoms with E-state index in [1.165, 1.54) is 0 Å². The lowest BCUT2D eigenvalue weighted by atomic mass is 9.96. The fourth-order valence-corrected chi connectivity index (χ4v) is 1.93. The van der Waals surface area contributed by atoms with Gasteiger partial charge in [-0.25, -0.2) is 4.39 Å². The molecule has 0 saturated carbocycles. The maximum Gasteiger partial charge on any atom is 0.148 e. The molecule has 0 aliphatic carbocycles. The number of hydrogen-bond donors (Lipinski definition) is 1. The van der Waals surface area contributed by atoms with Gasteiger partial charge in [-0.3, -0.25) is 0 Å². The van der Waals surface area contributed by atoms with Gasteiger partial charge in [0.1, 0.15) is 5.67 Å². The second-order valence-corrected chi connectivity index (χ2v) is 4.08. The van der Waals surface area contributed by atoms with Crippen molar-refractivity contribution < 1.29 is 4.39 Å².